The van der Waals surface area contributed by atoms with Gasteiger partial charge in [-0.3, -0.25) is 0 Å². The number of ether oxygens (including phenoxy) is 1. The largest absolute Gasteiger partial charge is 0.478 e. The Bertz CT molecular complexity index is 486. The van der Waals surface area contributed by atoms with Gasteiger partial charge in [0.2, 0.25) is 5.88 Å². The lowest BCUT2D eigenvalue weighted by Crippen LogP contribution is -2.06. The summed E-state index contributed by atoms with van der Waals surface area (Å²) in [6.45, 7) is 4.77. The number of aliphatic hydroxyl groups excluding tert-OH is 1. The van der Waals surface area contributed by atoms with Crippen LogP contribution >= 0.6 is 0 Å². The van der Waals surface area contributed by atoms with Gasteiger partial charge in [-0.25, -0.2) is 4.68 Å². The Kier molecular flexibility index (Phi) is 4.80. The van der Waals surface area contributed by atoms with Crippen molar-refractivity contribution in [1.82, 2.24) is 9.78 Å². The second kappa shape index (κ2) is 6.57. The third-order valence-electron chi connectivity index (χ3n) is 3.17. The number of rotatable bonds is 5. The average Bonchev–Trinajstić information content (AvgIpc) is 2.71. The van der Waals surface area contributed by atoms with Crippen molar-refractivity contribution >= 4 is 5.70 Å². The Labute approximate surface area is 114 Å². The van der Waals surface area contributed by atoms with Gasteiger partial charge in [0.1, 0.15) is 0 Å². The van der Waals surface area contributed by atoms with Gasteiger partial charge in [-0.15, -0.1) is 0 Å². The maximum atomic E-state index is 9.26. The van der Waals surface area contributed by atoms with Crippen LogP contribution in [0.4, 0.5) is 0 Å². The molecule has 4 heteroatoms. The molecule has 0 unspecified atom stereocenters. The minimum atomic E-state index is -0.0640. The van der Waals surface area contributed by atoms with Crippen molar-refractivity contribution in [2.24, 2.45) is 0 Å². The lowest BCUT2D eigenvalue weighted by atomic mass is 10.2. The van der Waals surface area contributed by atoms with E-state index in [1.807, 2.05) is 10.7 Å². The molecule has 1 aliphatic carbocycles. The Balaban J connectivity index is 2.35. The zero-order valence-electron chi connectivity index (χ0n) is 11.7. The zero-order valence-corrected chi connectivity index (χ0v) is 11.7. The molecule has 0 saturated heterocycles. The van der Waals surface area contributed by atoms with Gasteiger partial charge < -0.3 is 9.84 Å². The predicted molar refractivity (Wildman–Crippen MR) is 75.8 cm³/mol. The summed E-state index contributed by atoms with van der Waals surface area (Å²) in [6, 6.07) is 1.81. The molecule has 104 valence electrons. The number of aromatic nitrogens is 2. The van der Waals surface area contributed by atoms with Crippen molar-refractivity contribution in [1.29, 1.82) is 0 Å². The van der Waals surface area contributed by atoms with Crippen LogP contribution in [0.15, 0.2) is 23.8 Å². The van der Waals surface area contributed by atoms with E-state index in [2.05, 4.69) is 31.1 Å². The van der Waals surface area contributed by atoms with Crippen LogP contribution < -0.4 is 4.74 Å². The van der Waals surface area contributed by atoms with Crippen molar-refractivity contribution in [3.8, 4) is 5.88 Å². The lowest BCUT2D eigenvalue weighted by Gasteiger charge is -2.12. The maximum absolute atomic E-state index is 9.26. The minimum Gasteiger partial charge on any atom is -0.478 e. The van der Waals surface area contributed by atoms with E-state index in [0.717, 1.165) is 25.0 Å². The molecule has 0 aliphatic heterocycles. The first-order valence-corrected chi connectivity index (χ1v) is 6.96. The Hall–Kier alpha value is -1.55. The van der Waals surface area contributed by atoms with Crippen LogP contribution in [0.3, 0.4) is 0 Å². The maximum Gasteiger partial charge on any atom is 0.216 e. The number of nitrogens with zero attached hydrogens (tertiary/aromatic N) is 2. The van der Waals surface area contributed by atoms with Gasteiger partial charge in [-0.2, -0.15) is 5.10 Å². The van der Waals surface area contributed by atoms with Gasteiger partial charge >= 0.3 is 0 Å². The molecule has 0 amide bonds. The Morgan fingerprint density at radius 1 is 1.37 bits per heavy atom. The van der Waals surface area contributed by atoms with Gasteiger partial charge in [0, 0.05) is 6.07 Å². The summed E-state index contributed by atoms with van der Waals surface area (Å²) in [5, 5.41) is 13.7. The summed E-state index contributed by atoms with van der Waals surface area (Å²) in [6.07, 6.45) is 8.71. The van der Waals surface area contributed by atoms with Gasteiger partial charge in [-0.05, 0) is 38.2 Å². The molecule has 19 heavy (non-hydrogen) atoms. The molecule has 0 spiro atoms. The van der Waals surface area contributed by atoms with E-state index in [-0.39, 0.29) is 6.61 Å². The fourth-order valence-electron chi connectivity index (χ4n) is 2.16. The lowest BCUT2D eigenvalue weighted by molar-refractivity contribution is 0.276. The van der Waals surface area contributed by atoms with Crippen molar-refractivity contribution in [3.05, 3.63) is 29.5 Å². The third-order valence-corrected chi connectivity index (χ3v) is 3.17. The highest BCUT2D eigenvalue weighted by Gasteiger charge is 2.14. The van der Waals surface area contributed by atoms with Gasteiger partial charge in [0.05, 0.1) is 24.6 Å². The van der Waals surface area contributed by atoms with E-state index < -0.39 is 0 Å². The fourth-order valence-corrected chi connectivity index (χ4v) is 2.16. The average molecular weight is 262 g/mol. The molecule has 0 aromatic carbocycles. The Morgan fingerprint density at radius 3 is 2.89 bits per heavy atom. The van der Waals surface area contributed by atoms with Gasteiger partial charge in [0.15, 0.2) is 0 Å². The molecule has 4 nitrogen and oxygen atoms in total. The Morgan fingerprint density at radius 2 is 2.16 bits per heavy atom. The van der Waals surface area contributed by atoms with Crippen LogP contribution in [-0.2, 0) is 6.61 Å². The van der Waals surface area contributed by atoms with Crippen LogP contribution in [0.2, 0.25) is 0 Å². The molecule has 0 atom stereocenters. The molecule has 2 rings (SSSR count). The van der Waals surface area contributed by atoms with Crippen LogP contribution in [0, 0.1) is 0 Å². The smallest absolute Gasteiger partial charge is 0.216 e. The molecule has 1 heterocycles. The van der Waals surface area contributed by atoms with E-state index in [9.17, 15) is 5.11 Å². The molecule has 0 radical (unpaired) electrons. The highest BCUT2D eigenvalue weighted by Crippen LogP contribution is 2.27. The van der Waals surface area contributed by atoms with E-state index in [1.165, 1.54) is 12.0 Å². The number of aliphatic hydroxyl groups is 1. The molecule has 1 N–H and O–H groups in total. The number of allylic oxidation sites excluding steroid dienone is 4. The molecule has 0 bridgehead atoms. The number of hydrogen-bond acceptors (Lipinski definition) is 3. The standard InChI is InChI=1S/C15H22N2O2/c1-3-9-19-15-10-13(11-18)16-17(15)14-8-6-4-5-7-12(14)2/h7-8,10,18H,3-6,9,11H2,1-2H3. The first kappa shape index (κ1) is 13.9. The topological polar surface area (TPSA) is 47.3 Å². The molecule has 1 aromatic heterocycles. The van der Waals surface area contributed by atoms with E-state index in [4.69, 9.17) is 4.74 Å². The molecule has 0 fully saturated rings. The van der Waals surface area contributed by atoms with Gasteiger partial charge in [-0.1, -0.05) is 19.1 Å². The molecule has 0 saturated carbocycles. The highest BCUT2D eigenvalue weighted by molar-refractivity contribution is 5.64. The van der Waals surface area contributed by atoms with Crippen LogP contribution in [0.1, 0.15) is 45.2 Å². The third kappa shape index (κ3) is 3.26. The summed E-state index contributed by atoms with van der Waals surface area (Å²) in [5.74, 6) is 0.715. The van der Waals surface area contributed by atoms with E-state index in [1.54, 1.807) is 0 Å². The van der Waals surface area contributed by atoms with E-state index >= 15 is 0 Å². The predicted octanol–water partition coefficient (Wildman–Crippen LogP) is 3.14. The zero-order chi connectivity index (χ0) is 13.7. The molecular formula is C15H22N2O2. The summed E-state index contributed by atoms with van der Waals surface area (Å²) in [7, 11) is 0. The molecule has 1 aliphatic rings. The van der Waals surface area contributed by atoms with Crippen molar-refractivity contribution < 1.29 is 9.84 Å². The van der Waals surface area contributed by atoms with Crippen LogP contribution in [-0.4, -0.2) is 21.5 Å². The monoisotopic (exact) mass is 262 g/mol. The first-order valence-electron chi connectivity index (χ1n) is 6.96. The second-order valence-corrected chi connectivity index (χ2v) is 4.80. The normalized spacial score (nSPS) is 15.7. The SMILES string of the molecule is CCCOc1cc(CO)nn1C1=CCCCC=C1C. The van der Waals surface area contributed by atoms with Crippen LogP contribution in [0.25, 0.3) is 5.70 Å². The van der Waals surface area contributed by atoms with Crippen LogP contribution in [0.5, 0.6) is 5.88 Å². The fraction of sp³-hybridized carbons (Fsp3) is 0.533. The molecule has 1 aromatic rings. The molecular weight excluding hydrogens is 240 g/mol. The van der Waals surface area contributed by atoms with E-state index in [0.29, 0.717) is 18.2 Å². The van der Waals surface area contributed by atoms with Crippen molar-refractivity contribution in [3.63, 3.8) is 0 Å². The van der Waals surface area contributed by atoms with Gasteiger partial charge in [0.25, 0.3) is 0 Å². The first-order chi connectivity index (χ1) is 9.26. The summed E-state index contributed by atoms with van der Waals surface area (Å²) in [4.78, 5) is 0. The van der Waals surface area contributed by atoms with Crippen molar-refractivity contribution in [2.75, 3.05) is 6.61 Å². The summed E-state index contributed by atoms with van der Waals surface area (Å²) >= 11 is 0. The van der Waals surface area contributed by atoms with Crippen molar-refractivity contribution in [2.45, 2.75) is 46.1 Å². The minimum absolute atomic E-state index is 0.0640. The summed E-state index contributed by atoms with van der Waals surface area (Å²) < 4.78 is 7.55. The summed E-state index contributed by atoms with van der Waals surface area (Å²) in [5.41, 5.74) is 2.93. The quantitative estimate of drug-likeness (QED) is 0.886. The highest BCUT2D eigenvalue weighted by atomic mass is 16.5. The second-order valence-electron chi connectivity index (χ2n) is 4.80. The number of hydrogen-bond donors (Lipinski definition) is 1.